The first kappa shape index (κ1) is 16.4. The maximum atomic E-state index is 12.8. The van der Waals surface area contributed by atoms with Crippen LogP contribution in [0, 0.1) is 11.3 Å². The number of aliphatic carboxylic acids is 1. The maximum Gasteiger partial charge on any atom is 0.304 e. The van der Waals surface area contributed by atoms with E-state index in [2.05, 4.69) is 4.98 Å². The van der Waals surface area contributed by atoms with E-state index in [-0.39, 0.29) is 29.5 Å². The van der Waals surface area contributed by atoms with Gasteiger partial charge in [0, 0.05) is 25.0 Å². The maximum absolute atomic E-state index is 12.8. The number of hydrogen-bond donors (Lipinski definition) is 1. The van der Waals surface area contributed by atoms with Crippen molar-refractivity contribution in [3.63, 3.8) is 0 Å². The lowest BCUT2D eigenvalue weighted by Crippen LogP contribution is -2.40. The number of aromatic nitrogens is 1. The summed E-state index contributed by atoms with van der Waals surface area (Å²) in [6, 6.07) is 2.94. The summed E-state index contributed by atoms with van der Waals surface area (Å²) in [5, 5.41) is 17.7. The lowest BCUT2D eigenvalue weighted by molar-refractivity contribution is -0.137. The molecule has 0 radical (unpaired) electrons. The van der Waals surface area contributed by atoms with Gasteiger partial charge in [-0.3, -0.25) is 9.78 Å². The Kier molecular flexibility index (Phi) is 5.11. The van der Waals surface area contributed by atoms with E-state index in [1.165, 1.54) is 22.8 Å². The fourth-order valence-electron chi connectivity index (χ4n) is 2.65. The van der Waals surface area contributed by atoms with Gasteiger partial charge in [-0.05, 0) is 18.9 Å². The standard InChI is InChI=1S/C14H17N3O4S/c15-8-11-7-13(10-16-9-11)22(20,21)17(6-5-14(18)19)12-3-1-2-4-12/h7,9-10,12H,1-6H2,(H,18,19). The van der Waals surface area contributed by atoms with Crippen molar-refractivity contribution in [2.24, 2.45) is 0 Å². The molecule has 1 saturated carbocycles. The van der Waals surface area contributed by atoms with Gasteiger partial charge in [0.25, 0.3) is 0 Å². The molecule has 0 bridgehead atoms. The topological polar surface area (TPSA) is 111 Å². The molecule has 2 rings (SSSR count). The molecule has 0 aliphatic heterocycles. The molecule has 0 amide bonds. The van der Waals surface area contributed by atoms with Crippen molar-refractivity contribution < 1.29 is 18.3 Å². The second-order valence-corrected chi connectivity index (χ2v) is 7.11. The van der Waals surface area contributed by atoms with E-state index in [4.69, 9.17) is 10.4 Å². The van der Waals surface area contributed by atoms with Crippen LogP contribution >= 0.6 is 0 Å². The third-order valence-electron chi connectivity index (χ3n) is 3.73. The summed E-state index contributed by atoms with van der Waals surface area (Å²) in [4.78, 5) is 14.5. The molecule has 7 nitrogen and oxygen atoms in total. The molecule has 1 aliphatic rings. The van der Waals surface area contributed by atoms with Crippen LogP contribution in [-0.4, -0.2) is 41.4 Å². The van der Waals surface area contributed by atoms with Crippen molar-refractivity contribution in [3.05, 3.63) is 24.0 Å². The van der Waals surface area contributed by atoms with Gasteiger partial charge in [0.1, 0.15) is 11.0 Å². The van der Waals surface area contributed by atoms with Gasteiger partial charge < -0.3 is 5.11 Å². The van der Waals surface area contributed by atoms with Gasteiger partial charge in [-0.2, -0.15) is 9.57 Å². The molecule has 118 valence electrons. The smallest absolute Gasteiger partial charge is 0.304 e. The third-order valence-corrected chi connectivity index (χ3v) is 5.64. The summed E-state index contributed by atoms with van der Waals surface area (Å²) in [7, 11) is -3.86. The summed E-state index contributed by atoms with van der Waals surface area (Å²) in [6.45, 7) is -0.0703. The van der Waals surface area contributed by atoms with Crippen LogP contribution in [-0.2, 0) is 14.8 Å². The predicted octanol–water partition coefficient (Wildman–Crippen LogP) is 1.36. The van der Waals surface area contributed by atoms with Crippen LogP contribution in [0.4, 0.5) is 0 Å². The van der Waals surface area contributed by atoms with Crippen LogP contribution in [0.15, 0.2) is 23.4 Å². The molecule has 1 aromatic rings. The second-order valence-electron chi connectivity index (χ2n) is 5.22. The van der Waals surface area contributed by atoms with Crippen molar-refractivity contribution in [1.82, 2.24) is 9.29 Å². The van der Waals surface area contributed by atoms with Crippen LogP contribution in [0.25, 0.3) is 0 Å². The summed E-state index contributed by atoms with van der Waals surface area (Å²) in [5.41, 5.74) is 0.158. The van der Waals surface area contributed by atoms with E-state index >= 15 is 0 Å². The molecule has 22 heavy (non-hydrogen) atoms. The first-order valence-corrected chi connectivity index (χ1v) is 8.48. The fraction of sp³-hybridized carbons (Fsp3) is 0.500. The summed E-state index contributed by atoms with van der Waals surface area (Å²) < 4.78 is 26.8. The minimum atomic E-state index is -3.86. The average molecular weight is 323 g/mol. The highest BCUT2D eigenvalue weighted by Crippen LogP contribution is 2.28. The Balaban J connectivity index is 2.34. The normalized spacial score (nSPS) is 15.8. The van der Waals surface area contributed by atoms with Crippen molar-refractivity contribution in [1.29, 1.82) is 5.26 Å². The Labute approximate surface area is 129 Å². The van der Waals surface area contributed by atoms with Gasteiger partial charge in [0.15, 0.2) is 0 Å². The van der Waals surface area contributed by atoms with Gasteiger partial charge in [0.2, 0.25) is 10.0 Å². The van der Waals surface area contributed by atoms with Crippen molar-refractivity contribution >= 4 is 16.0 Å². The Hall–Kier alpha value is -1.98. The monoisotopic (exact) mass is 323 g/mol. The van der Waals surface area contributed by atoms with E-state index in [9.17, 15) is 13.2 Å². The number of carboxylic acid groups (broad SMARTS) is 1. The lowest BCUT2D eigenvalue weighted by Gasteiger charge is -2.27. The minimum absolute atomic E-state index is 0.0659. The largest absolute Gasteiger partial charge is 0.481 e. The van der Waals surface area contributed by atoms with Crippen LogP contribution < -0.4 is 0 Å². The van der Waals surface area contributed by atoms with E-state index in [1.807, 2.05) is 6.07 Å². The second kappa shape index (κ2) is 6.85. The minimum Gasteiger partial charge on any atom is -0.481 e. The number of pyridine rings is 1. The quantitative estimate of drug-likeness (QED) is 0.846. The van der Waals surface area contributed by atoms with Gasteiger partial charge >= 0.3 is 5.97 Å². The van der Waals surface area contributed by atoms with Crippen LogP contribution in [0.1, 0.15) is 37.7 Å². The first-order chi connectivity index (χ1) is 10.4. The Morgan fingerprint density at radius 1 is 1.41 bits per heavy atom. The van der Waals surface area contributed by atoms with Crippen LogP contribution in [0.5, 0.6) is 0 Å². The van der Waals surface area contributed by atoms with Gasteiger partial charge in [-0.25, -0.2) is 8.42 Å². The number of hydrogen-bond acceptors (Lipinski definition) is 5. The Bertz CT molecular complexity index is 690. The molecule has 1 aliphatic carbocycles. The van der Waals surface area contributed by atoms with Gasteiger partial charge in [-0.15, -0.1) is 0 Å². The van der Waals surface area contributed by atoms with E-state index < -0.39 is 16.0 Å². The average Bonchev–Trinajstić information content (AvgIpc) is 3.01. The Morgan fingerprint density at radius 2 is 2.09 bits per heavy atom. The highest BCUT2D eigenvalue weighted by atomic mass is 32.2. The molecular weight excluding hydrogens is 306 g/mol. The molecule has 1 N–H and O–H groups in total. The number of nitrogens with zero attached hydrogens (tertiary/aromatic N) is 3. The molecular formula is C14H17N3O4S. The summed E-state index contributed by atoms with van der Waals surface area (Å²) in [5.74, 6) is -1.04. The molecule has 0 atom stereocenters. The van der Waals surface area contributed by atoms with Gasteiger partial charge in [-0.1, -0.05) is 12.8 Å². The molecule has 0 spiro atoms. The predicted molar refractivity (Wildman–Crippen MR) is 77.4 cm³/mol. The van der Waals surface area contributed by atoms with E-state index in [0.29, 0.717) is 0 Å². The molecule has 8 heteroatoms. The first-order valence-electron chi connectivity index (χ1n) is 7.04. The zero-order valence-electron chi connectivity index (χ0n) is 12.0. The molecule has 1 aromatic heterocycles. The summed E-state index contributed by atoms with van der Waals surface area (Å²) >= 11 is 0. The van der Waals surface area contributed by atoms with Crippen molar-refractivity contribution in [3.8, 4) is 6.07 Å². The fourth-order valence-corrected chi connectivity index (χ4v) is 4.33. The number of rotatable bonds is 6. The van der Waals surface area contributed by atoms with Gasteiger partial charge in [0.05, 0.1) is 12.0 Å². The third kappa shape index (κ3) is 3.61. The molecule has 0 unspecified atom stereocenters. The number of nitriles is 1. The number of carbonyl (C=O) groups is 1. The molecule has 1 heterocycles. The van der Waals surface area contributed by atoms with Crippen LogP contribution in [0.2, 0.25) is 0 Å². The van der Waals surface area contributed by atoms with Crippen molar-refractivity contribution in [2.45, 2.75) is 43.0 Å². The van der Waals surface area contributed by atoms with Crippen LogP contribution in [0.3, 0.4) is 0 Å². The zero-order valence-corrected chi connectivity index (χ0v) is 12.8. The van der Waals surface area contributed by atoms with Crippen molar-refractivity contribution in [2.75, 3.05) is 6.54 Å². The number of sulfonamides is 1. The molecule has 0 saturated heterocycles. The SMILES string of the molecule is N#Cc1cncc(S(=O)(=O)N(CCC(=O)O)C2CCCC2)c1. The Morgan fingerprint density at radius 3 is 2.68 bits per heavy atom. The highest BCUT2D eigenvalue weighted by molar-refractivity contribution is 7.89. The zero-order chi connectivity index (χ0) is 16.2. The number of carboxylic acids is 1. The molecule has 1 fully saturated rings. The molecule has 0 aromatic carbocycles. The highest BCUT2D eigenvalue weighted by Gasteiger charge is 2.33. The summed E-state index contributed by atoms with van der Waals surface area (Å²) in [6.07, 6.45) is 5.55. The van der Waals surface area contributed by atoms with E-state index in [0.717, 1.165) is 25.7 Å². The van der Waals surface area contributed by atoms with E-state index in [1.54, 1.807) is 0 Å². The lowest BCUT2D eigenvalue weighted by atomic mass is 10.2.